The summed E-state index contributed by atoms with van der Waals surface area (Å²) in [6, 6.07) is 9.76. The lowest BCUT2D eigenvalue weighted by Gasteiger charge is -2.15. The summed E-state index contributed by atoms with van der Waals surface area (Å²) in [5.41, 5.74) is 2.99. The van der Waals surface area contributed by atoms with Crippen LogP contribution in [-0.4, -0.2) is 12.1 Å². The maximum atomic E-state index is 5.90. The van der Waals surface area contributed by atoms with Crippen molar-refractivity contribution in [2.24, 2.45) is 0 Å². The predicted octanol–water partition coefficient (Wildman–Crippen LogP) is 4.59. The zero-order valence-corrected chi connectivity index (χ0v) is 12.6. The second-order valence-electron chi connectivity index (χ2n) is 4.46. The number of rotatable bonds is 7. The number of benzene rings is 1. The quantitative estimate of drug-likeness (QED) is 0.698. The third kappa shape index (κ3) is 4.10. The van der Waals surface area contributed by atoms with Crippen molar-refractivity contribution in [2.75, 3.05) is 7.11 Å². The SMILES string of the molecule is CCC(CC(=COC)Oc1ccccc1)c1cscn1. The van der Waals surface area contributed by atoms with Gasteiger partial charge >= 0.3 is 0 Å². The van der Waals surface area contributed by atoms with E-state index in [0.29, 0.717) is 5.92 Å². The summed E-state index contributed by atoms with van der Waals surface area (Å²) in [6.45, 7) is 2.16. The van der Waals surface area contributed by atoms with Crippen LogP contribution in [0.4, 0.5) is 0 Å². The minimum atomic E-state index is 0.353. The molecule has 0 aliphatic heterocycles. The summed E-state index contributed by atoms with van der Waals surface area (Å²) >= 11 is 1.63. The lowest BCUT2D eigenvalue weighted by atomic mass is 9.98. The molecule has 0 amide bonds. The Hall–Kier alpha value is -1.81. The van der Waals surface area contributed by atoms with Crippen molar-refractivity contribution in [3.05, 3.63) is 58.9 Å². The van der Waals surface area contributed by atoms with Gasteiger partial charge in [0.25, 0.3) is 0 Å². The Bertz CT molecular complexity index is 523. The average Bonchev–Trinajstić information content (AvgIpc) is 3.00. The largest absolute Gasteiger partial charge is 0.501 e. The molecular formula is C16H19NO2S. The van der Waals surface area contributed by atoms with Crippen LogP contribution in [0.1, 0.15) is 31.4 Å². The molecule has 0 fully saturated rings. The molecule has 3 nitrogen and oxygen atoms in total. The van der Waals surface area contributed by atoms with E-state index >= 15 is 0 Å². The number of ether oxygens (including phenoxy) is 2. The van der Waals surface area contributed by atoms with Gasteiger partial charge in [0.15, 0.2) is 0 Å². The van der Waals surface area contributed by atoms with Gasteiger partial charge in [-0.15, -0.1) is 11.3 Å². The number of allylic oxidation sites excluding steroid dienone is 1. The number of aromatic nitrogens is 1. The van der Waals surface area contributed by atoms with Gasteiger partial charge in [0.1, 0.15) is 17.8 Å². The Kier molecular flexibility index (Phi) is 5.62. The van der Waals surface area contributed by atoms with Gasteiger partial charge in [-0.3, -0.25) is 0 Å². The Morgan fingerprint density at radius 2 is 2.15 bits per heavy atom. The highest BCUT2D eigenvalue weighted by atomic mass is 32.1. The van der Waals surface area contributed by atoms with Crippen LogP contribution in [0.2, 0.25) is 0 Å². The van der Waals surface area contributed by atoms with Crippen molar-refractivity contribution in [3.8, 4) is 5.75 Å². The standard InChI is InChI=1S/C16H19NO2S/c1-3-13(16-11-20-12-17-16)9-15(10-18-2)19-14-7-5-4-6-8-14/h4-8,10-13H,3,9H2,1-2H3. The summed E-state index contributed by atoms with van der Waals surface area (Å²) in [7, 11) is 1.64. The molecule has 4 heteroatoms. The number of thiazole rings is 1. The number of para-hydroxylation sites is 1. The fourth-order valence-electron chi connectivity index (χ4n) is 2.01. The molecule has 0 aliphatic carbocycles. The maximum Gasteiger partial charge on any atom is 0.139 e. The van der Waals surface area contributed by atoms with E-state index in [4.69, 9.17) is 9.47 Å². The minimum Gasteiger partial charge on any atom is -0.501 e. The van der Waals surface area contributed by atoms with Crippen LogP contribution in [0, 0.1) is 0 Å². The first-order valence-electron chi connectivity index (χ1n) is 6.66. The van der Waals surface area contributed by atoms with Gasteiger partial charge in [0, 0.05) is 17.7 Å². The summed E-state index contributed by atoms with van der Waals surface area (Å²) in [4.78, 5) is 4.40. The van der Waals surface area contributed by atoms with Crippen LogP contribution in [0.3, 0.4) is 0 Å². The maximum absolute atomic E-state index is 5.90. The minimum absolute atomic E-state index is 0.353. The molecule has 20 heavy (non-hydrogen) atoms. The molecular weight excluding hydrogens is 270 g/mol. The van der Waals surface area contributed by atoms with Gasteiger partial charge in [-0.25, -0.2) is 4.98 Å². The first-order valence-corrected chi connectivity index (χ1v) is 7.60. The van der Waals surface area contributed by atoms with Crippen molar-refractivity contribution in [1.29, 1.82) is 0 Å². The highest BCUT2D eigenvalue weighted by Crippen LogP contribution is 2.28. The molecule has 106 valence electrons. The monoisotopic (exact) mass is 289 g/mol. The van der Waals surface area contributed by atoms with Crippen molar-refractivity contribution in [1.82, 2.24) is 4.98 Å². The molecule has 1 atom stereocenters. The molecule has 2 rings (SSSR count). The van der Waals surface area contributed by atoms with E-state index < -0.39 is 0 Å². The fourth-order valence-corrected chi connectivity index (χ4v) is 2.65. The molecule has 0 N–H and O–H groups in total. The van der Waals surface area contributed by atoms with Crippen molar-refractivity contribution >= 4 is 11.3 Å². The van der Waals surface area contributed by atoms with E-state index in [2.05, 4.69) is 17.3 Å². The molecule has 1 aromatic carbocycles. The Labute approximate surface area is 123 Å². The summed E-state index contributed by atoms with van der Waals surface area (Å²) in [5, 5.41) is 2.10. The first kappa shape index (κ1) is 14.6. The summed E-state index contributed by atoms with van der Waals surface area (Å²) in [5.74, 6) is 1.99. The highest BCUT2D eigenvalue weighted by molar-refractivity contribution is 7.07. The molecule has 0 aliphatic rings. The lowest BCUT2D eigenvalue weighted by Crippen LogP contribution is -2.05. The van der Waals surface area contributed by atoms with E-state index in [9.17, 15) is 0 Å². The zero-order chi connectivity index (χ0) is 14.2. The van der Waals surface area contributed by atoms with E-state index in [0.717, 1.165) is 30.0 Å². The van der Waals surface area contributed by atoms with E-state index in [1.165, 1.54) is 0 Å². The topological polar surface area (TPSA) is 31.4 Å². The number of hydrogen-bond donors (Lipinski definition) is 0. The third-order valence-corrected chi connectivity index (χ3v) is 3.66. The normalized spacial score (nSPS) is 13.0. The van der Waals surface area contributed by atoms with Crippen LogP contribution in [-0.2, 0) is 4.74 Å². The Morgan fingerprint density at radius 3 is 2.75 bits per heavy atom. The molecule has 1 unspecified atom stereocenters. The van der Waals surface area contributed by atoms with Gasteiger partial charge in [-0.1, -0.05) is 25.1 Å². The van der Waals surface area contributed by atoms with Crippen molar-refractivity contribution in [2.45, 2.75) is 25.7 Å². The second-order valence-corrected chi connectivity index (χ2v) is 5.18. The Balaban J connectivity index is 2.07. The molecule has 0 bridgehead atoms. The first-order chi connectivity index (χ1) is 9.83. The molecule has 0 saturated heterocycles. The Morgan fingerprint density at radius 1 is 1.35 bits per heavy atom. The van der Waals surface area contributed by atoms with Crippen molar-refractivity contribution in [3.63, 3.8) is 0 Å². The number of nitrogens with zero attached hydrogens (tertiary/aromatic N) is 1. The second kappa shape index (κ2) is 7.70. The van der Waals surface area contributed by atoms with Crippen LogP contribution < -0.4 is 4.74 Å². The predicted molar refractivity (Wildman–Crippen MR) is 81.9 cm³/mol. The molecule has 0 radical (unpaired) electrons. The van der Waals surface area contributed by atoms with Gasteiger partial charge < -0.3 is 9.47 Å². The molecule has 2 aromatic rings. The van der Waals surface area contributed by atoms with Crippen LogP contribution >= 0.6 is 11.3 Å². The fraction of sp³-hybridized carbons (Fsp3) is 0.312. The van der Waals surface area contributed by atoms with Gasteiger partial charge in [-0.05, 0) is 18.6 Å². The lowest BCUT2D eigenvalue weighted by molar-refractivity contribution is 0.291. The van der Waals surface area contributed by atoms with Gasteiger partial charge in [-0.2, -0.15) is 0 Å². The zero-order valence-electron chi connectivity index (χ0n) is 11.8. The number of methoxy groups -OCH3 is 1. The molecule has 1 aromatic heterocycles. The van der Waals surface area contributed by atoms with Crippen LogP contribution in [0.5, 0.6) is 5.75 Å². The van der Waals surface area contributed by atoms with E-state index in [-0.39, 0.29) is 0 Å². The van der Waals surface area contributed by atoms with E-state index in [1.54, 1.807) is 24.7 Å². The van der Waals surface area contributed by atoms with Crippen LogP contribution in [0.15, 0.2) is 53.2 Å². The smallest absolute Gasteiger partial charge is 0.139 e. The van der Waals surface area contributed by atoms with Gasteiger partial charge in [0.05, 0.1) is 18.3 Å². The summed E-state index contributed by atoms with van der Waals surface area (Å²) in [6.07, 6.45) is 3.47. The van der Waals surface area contributed by atoms with Crippen LogP contribution in [0.25, 0.3) is 0 Å². The molecule has 1 heterocycles. The molecule has 0 saturated carbocycles. The molecule has 0 spiro atoms. The third-order valence-electron chi connectivity index (χ3n) is 3.05. The van der Waals surface area contributed by atoms with E-state index in [1.807, 2.05) is 35.8 Å². The van der Waals surface area contributed by atoms with Crippen molar-refractivity contribution < 1.29 is 9.47 Å². The van der Waals surface area contributed by atoms with Gasteiger partial charge in [0.2, 0.25) is 0 Å². The number of hydrogen-bond acceptors (Lipinski definition) is 4. The average molecular weight is 289 g/mol. The highest BCUT2D eigenvalue weighted by Gasteiger charge is 2.15. The summed E-state index contributed by atoms with van der Waals surface area (Å²) < 4.78 is 11.0.